The molecule has 3 aromatic rings. The van der Waals surface area contributed by atoms with E-state index in [4.69, 9.17) is 0 Å². The number of hydrogen-bond donors (Lipinski definition) is 2. The quantitative estimate of drug-likeness (QED) is 0.675. The molecule has 0 radical (unpaired) electrons. The molecule has 3 rings (SSSR count). The highest BCUT2D eigenvalue weighted by molar-refractivity contribution is 6.03. The van der Waals surface area contributed by atoms with Crippen molar-refractivity contribution in [2.75, 3.05) is 17.2 Å². The molecule has 1 aromatic heterocycles. The molecule has 2 N–H and O–H groups in total. The summed E-state index contributed by atoms with van der Waals surface area (Å²) < 4.78 is 40.7. The Balaban J connectivity index is 1.58. The minimum atomic E-state index is -0.866. The van der Waals surface area contributed by atoms with Crippen LogP contribution in [0.4, 0.5) is 24.5 Å². The van der Waals surface area contributed by atoms with E-state index in [1.165, 1.54) is 24.4 Å². The van der Waals surface area contributed by atoms with Crippen LogP contribution in [0.25, 0.3) is 0 Å². The van der Waals surface area contributed by atoms with Gasteiger partial charge in [0.25, 0.3) is 5.91 Å². The van der Waals surface area contributed by atoms with E-state index < -0.39 is 23.2 Å². The molecule has 0 aliphatic carbocycles. The molecule has 0 saturated carbocycles. The average Bonchev–Trinajstić information content (AvgIpc) is 2.67. The fourth-order valence-electron chi connectivity index (χ4n) is 2.47. The zero-order valence-electron chi connectivity index (χ0n) is 14.2. The summed E-state index contributed by atoms with van der Waals surface area (Å²) in [6.07, 6.45) is 1.91. The lowest BCUT2D eigenvalue weighted by atomic mass is 10.1. The molecule has 0 fully saturated rings. The van der Waals surface area contributed by atoms with Crippen molar-refractivity contribution in [3.8, 4) is 0 Å². The molecule has 2 aromatic carbocycles. The van der Waals surface area contributed by atoms with Gasteiger partial charge in [-0.2, -0.15) is 0 Å². The van der Waals surface area contributed by atoms with Gasteiger partial charge < -0.3 is 10.6 Å². The van der Waals surface area contributed by atoms with E-state index >= 15 is 0 Å². The van der Waals surface area contributed by atoms with Gasteiger partial charge in [-0.15, -0.1) is 0 Å². The summed E-state index contributed by atoms with van der Waals surface area (Å²) in [6.45, 7) is 0.481. The van der Waals surface area contributed by atoms with Crippen molar-refractivity contribution < 1.29 is 18.0 Å². The smallest absolute Gasteiger partial charge is 0.274 e. The molecular weight excluding hydrogens is 355 g/mol. The van der Waals surface area contributed by atoms with Gasteiger partial charge in [0.1, 0.15) is 28.8 Å². The highest BCUT2D eigenvalue weighted by Crippen LogP contribution is 2.19. The lowest BCUT2D eigenvalue weighted by Crippen LogP contribution is -2.16. The Morgan fingerprint density at radius 1 is 0.889 bits per heavy atom. The first kappa shape index (κ1) is 18.4. The Morgan fingerprint density at radius 3 is 2.26 bits per heavy atom. The van der Waals surface area contributed by atoms with Gasteiger partial charge in [-0.25, -0.2) is 18.2 Å². The van der Waals surface area contributed by atoms with Crippen LogP contribution in [0.1, 0.15) is 16.1 Å². The summed E-state index contributed by atoms with van der Waals surface area (Å²) >= 11 is 0. The second-order valence-electron chi connectivity index (χ2n) is 5.75. The van der Waals surface area contributed by atoms with Crippen LogP contribution >= 0.6 is 0 Å². The van der Waals surface area contributed by atoms with Crippen LogP contribution in [0.15, 0.2) is 60.8 Å². The molecule has 0 saturated heterocycles. The average molecular weight is 371 g/mol. The van der Waals surface area contributed by atoms with Crippen molar-refractivity contribution in [2.45, 2.75) is 6.42 Å². The van der Waals surface area contributed by atoms with E-state index in [0.29, 0.717) is 24.2 Å². The first-order valence-electron chi connectivity index (χ1n) is 8.23. The number of pyridine rings is 1. The summed E-state index contributed by atoms with van der Waals surface area (Å²) in [7, 11) is 0. The number of para-hydroxylation sites is 1. The maximum atomic E-state index is 13.6. The fraction of sp³-hybridized carbons (Fsp3) is 0.100. The van der Waals surface area contributed by atoms with Crippen LogP contribution in [0, 0.1) is 17.5 Å². The zero-order valence-corrected chi connectivity index (χ0v) is 14.2. The standard InChI is InChI=1S/C20H16F3N3O/c21-15-5-2-1-4-13(15)10-11-24-14-8-9-18(25-12-14)20(27)26-19-16(22)6-3-7-17(19)23/h1-9,12,24H,10-11H2,(H,26,27). The van der Waals surface area contributed by atoms with Crippen molar-refractivity contribution in [3.05, 3.63) is 89.5 Å². The molecule has 0 spiro atoms. The van der Waals surface area contributed by atoms with E-state index in [2.05, 4.69) is 15.6 Å². The number of rotatable bonds is 6. The van der Waals surface area contributed by atoms with E-state index in [1.54, 1.807) is 24.3 Å². The molecule has 0 aliphatic rings. The number of amides is 1. The number of nitrogens with one attached hydrogen (secondary N) is 2. The van der Waals surface area contributed by atoms with Crippen LogP contribution in [-0.4, -0.2) is 17.4 Å². The Morgan fingerprint density at radius 2 is 1.59 bits per heavy atom. The molecule has 138 valence electrons. The van der Waals surface area contributed by atoms with E-state index in [9.17, 15) is 18.0 Å². The third kappa shape index (κ3) is 4.63. The van der Waals surface area contributed by atoms with Crippen LogP contribution < -0.4 is 10.6 Å². The summed E-state index contributed by atoms with van der Waals surface area (Å²) in [4.78, 5) is 16.1. The Kier molecular flexibility index (Phi) is 5.71. The predicted octanol–water partition coefficient (Wildman–Crippen LogP) is 4.41. The van der Waals surface area contributed by atoms with Gasteiger partial charge in [0.05, 0.1) is 11.9 Å². The van der Waals surface area contributed by atoms with Crippen LogP contribution in [-0.2, 0) is 6.42 Å². The van der Waals surface area contributed by atoms with Crippen LogP contribution in [0.2, 0.25) is 0 Å². The SMILES string of the molecule is O=C(Nc1c(F)cccc1F)c1ccc(NCCc2ccccc2F)cn1. The number of halogens is 3. The van der Waals surface area contributed by atoms with Crippen molar-refractivity contribution in [1.29, 1.82) is 0 Å². The molecule has 0 bridgehead atoms. The van der Waals surface area contributed by atoms with E-state index in [0.717, 1.165) is 12.1 Å². The monoisotopic (exact) mass is 371 g/mol. The van der Waals surface area contributed by atoms with Gasteiger partial charge in [-0.1, -0.05) is 24.3 Å². The second kappa shape index (κ2) is 8.35. The number of anilines is 2. The van der Waals surface area contributed by atoms with Gasteiger partial charge in [0.2, 0.25) is 0 Å². The molecule has 0 aliphatic heterocycles. The summed E-state index contributed by atoms with van der Waals surface area (Å²) in [5.41, 5.74) is 0.731. The van der Waals surface area contributed by atoms with Gasteiger partial charge >= 0.3 is 0 Å². The molecule has 27 heavy (non-hydrogen) atoms. The van der Waals surface area contributed by atoms with Crippen LogP contribution in [0.5, 0.6) is 0 Å². The minimum Gasteiger partial charge on any atom is -0.383 e. The molecule has 7 heteroatoms. The maximum absolute atomic E-state index is 13.6. The number of carbonyl (C=O) groups is 1. The Labute approximate surface area is 154 Å². The van der Waals surface area contributed by atoms with Gasteiger partial charge in [-0.05, 0) is 42.3 Å². The molecule has 0 unspecified atom stereocenters. The van der Waals surface area contributed by atoms with Gasteiger partial charge in [-0.3, -0.25) is 4.79 Å². The minimum absolute atomic E-state index is 0.0114. The molecule has 1 heterocycles. The number of aromatic nitrogens is 1. The topological polar surface area (TPSA) is 54.0 Å². The Bertz CT molecular complexity index is 925. The maximum Gasteiger partial charge on any atom is 0.274 e. The Hall–Kier alpha value is -3.35. The third-order valence-electron chi connectivity index (χ3n) is 3.88. The third-order valence-corrected chi connectivity index (χ3v) is 3.88. The number of nitrogens with zero attached hydrogens (tertiary/aromatic N) is 1. The van der Waals surface area contributed by atoms with Crippen molar-refractivity contribution >= 4 is 17.3 Å². The summed E-state index contributed by atoms with van der Waals surface area (Å²) in [5, 5.41) is 5.25. The molecular formula is C20H16F3N3O. The highest BCUT2D eigenvalue weighted by Gasteiger charge is 2.14. The fourth-order valence-corrected chi connectivity index (χ4v) is 2.47. The number of hydrogen-bond acceptors (Lipinski definition) is 3. The molecule has 4 nitrogen and oxygen atoms in total. The van der Waals surface area contributed by atoms with E-state index in [-0.39, 0.29) is 11.5 Å². The molecule has 0 atom stereocenters. The number of carbonyl (C=O) groups excluding carboxylic acids is 1. The van der Waals surface area contributed by atoms with Crippen molar-refractivity contribution in [2.24, 2.45) is 0 Å². The lowest BCUT2D eigenvalue weighted by molar-refractivity contribution is 0.102. The van der Waals surface area contributed by atoms with Crippen molar-refractivity contribution in [1.82, 2.24) is 4.98 Å². The second-order valence-corrected chi connectivity index (χ2v) is 5.75. The van der Waals surface area contributed by atoms with Crippen molar-refractivity contribution in [3.63, 3.8) is 0 Å². The van der Waals surface area contributed by atoms with Gasteiger partial charge in [0, 0.05) is 6.54 Å². The number of benzene rings is 2. The largest absolute Gasteiger partial charge is 0.383 e. The first-order valence-corrected chi connectivity index (χ1v) is 8.23. The first-order chi connectivity index (χ1) is 13.0. The molecule has 1 amide bonds. The lowest BCUT2D eigenvalue weighted by Gasteiger charge is -2.09. The zero-order chi connectivity index (χ0) is 19.2. The van der Waals surface area contributed by atoms with Crippen LogP contribution in [0.3, 0.4) is 0 Å². The summed E-state index contributed by atoms with van der Waals surface area (Å²) in [6, 6.07) is 12.9. The predicted molar refractivity (Wildman–Crippen MR) is 97.1 cm³/mol. The van der Waals surface area contributed by atoms with E-state index in [1.807, 2.05) is 0 Å². The van der Waals surface area contributed by atoms with Gasteiger partial charge in [0.15, 0.2) is 0 Å². The summed E-state index contributed by atoms with van der Waals surface area (Å²) in [5.74, 6) is -2.72. The normalized spacial score (nSPS) is 10.5. The highest BCUT2D eigenvalue weighted by atomic mass is 19.1.